The van der Waals surface area contributed by atoms with Crippen LogP contribution in [-0.2, 0) is 10.5 Å². The van der Waals surface area contributed by atoms with Crippen LogP contribution in [0.15, 0.2) is 48.5 Å². The number of aryl methyl sites for hydroxylation is 1. The molecule has 0 unspecified atom stereocenters. The van der Waals surface area contributed by atoms with Crippen molar-refractivity contribution in [2.24, 2.45) is 0 Å². The van der Waals surface area contributed by atoms with Gasteiger partial charge in [0.05, 0.1) is 5.56 Å². The van der Waals surface area contributed by atoms with Crippen molar-refractivity contribution in [3.63, 3.8) is 0 Å². The average molecular weight is 340 g/mol. The zero-order valence-electron chi connectivity index (χ0n) is 13.6. The van der Waals surface area contributed by atoms with Gasteiger partial charge in [-0.2, -0.15) is 17.0 Å². The fourth-order valence-corrected chi connectivity index (χ4v) is 2.84. The van der Waals surface area contributed by atoms with Crippen LogP contribution in [0.5, 0.6) is 5.75 Å². The van der Waals surface area contributed by atoms with E-state index >= 15 is 0 Å². The SMILES string of the molecule is Cc1ccc(CSCCNC(=O)COc2ccccc2C#N)cc1. The molecule has 5 heteroatoms. The largest absolute Gasteiger partial charge is 0.482 e. The summed E-state index contributed by atoms with van der Waals surface area (Å²) in [5.41, 5.74) is 2.97. The number of para-hydroxylation sites is 1. The number of carbonyl (C=O) groups is 1. The zero-order valence-corrected chi connectivity index (χ0v) is 14.4. The van der Waals surface area contributed by atoms with Crippen LogP contribution in [0, 0.1) is 18.3 Å². The van der Waals surface area contributed by atoms with E-state index in [0.717, 1.165) is 11.5 Å². The molecular weight excluding hydrogens is 320 g/mol. The van der Waals surface area contributed by atoms with Gasteiger partial charge in [-0.3, -0.25) is 4.79 Å². The molecule has 0 aliphatic carbocycles. The first-order valence-corrected chi connectivity index (χ1v) is 8.86. The number of ether oxygens (including phenoxy) is 1. The van der Waals surface area contributed by atoms with E-state index < -0.39 is 0 Å². The molecule has 0 atom stereocenters. The molecule has 124 valence electrons. The maximum atomic E-state index is 11.8. The Balaban J connectivity index is 1.61. The smallest absolute Gasteiger partial charge is 0.257 e. The van der Waals surface area contributed by atoms with Gasteiger partial charge in [0.15, 0.2) is 6.61 Å². The maximum absolute atomic E-state index is 11.8. The molecule has 0 spiro atoms. The first-order valence-electron chi connectivity index (χ1n) is 7.71. The summed E-state index contributed by atoms with van der Waals surface area (Å²) in [4.78, 5) is 11.8. The third-order valence-corrected chi connectivity index (χ3v) is 4.35. The fourth-order valence-electron chi connectivity index (χ4n) is 2.02. The Kier molecular flexibility index (Phi) is 7.19. The van der Waals surface area contributed by atoms with Gasteiger partial charge in [0.2, 0.25) is 0 Å². The number of benzene rings is 2. The summed E-state index contributed by atoms with van der Waals surface area (Å²) in [5.74, 6) is 2.03. The first-order chi connectivity index (χ1) is 11.7. The molecule has 1 amide bonds. The van der Waals surface area contributed by atoms with E-state index in [2.05, 4.69) is 36.5 Å². The Labute approximate surface area is 146 Å². The Morgan fingerprint density at radius 1 is 1.21 bits per heavy atom. The van der Waals surface area contributed by atoms with Crippen molar-refractivity contribution in [1.82, 2.24) is 5.32 Å². The van der Waals surface area contributed by atoms with Crippen molar-refractivity contribution < 1.29 is 9.53 Å². The quantitative estimate of drug-likeness (QED) is 0.749. The van der Waals surface area contributed by atoms with E-state index in [-0.39, 0.29) is 12.5 Å². The van der Waals surface area contributed by atoms with Crippen molar-refractivity contribution >= 4 is 17.7 Å². The topological polar surface area (TPSA) is 62.1 Å². The van der Waals surface area contributed by atoms with Crippen LogP contribution in [0.1, 0.15) is 16.7 Å². The summed E-state index contributed by atoms with van der Waals surface area (Å²) >= 11 is 1.78. The third kappa shape index (κ3) is 5.98. The number of thioether (sulfide) groups is 1. The van der Waals surface area contributed by atoms with Gasteiger partial charge in [0.25, 0.3) is 5.91 Å². The molecule has 0 aliphatic rings. The molecular formula is C19H20N2O2S. The van der Waals surface area contributed by atoms with Gasteiger partial charge < -0.3 is 10.1 Å². The van der Waals surface area contributed by atoms with Crippen LogP contribution in [0.25, 0.3) is 0 Å². The maximum Gasteiger partial charge on any atom is 0.257 e. The lowest BCUT2D eigenvalue weighted by Crippen LogP contribution is -2.30. The number of nitriles is 1. The molecule has 0 fully saturated rings. The molecule has 0 radical (unpaired) electrons. The van der Waals surface area contributed by atoms with Crippen molar-refractivity contribution in [2.45, 2.75) is 12.7 Å². The lowest BCUT2D eigenvalue weighted by atomic mass is 10.2. The number of nitrogens with zero attached hydrogens (tertiary/aromatic N) is 1. The van der Waals surface area contributed by atoms with Crippen LogP contribution < -0.4 is 10.1 Å². The number of hydrogen-bond acceptors (Lipinski definition) is 4. The third-order valence-electron chi connectivity index (χ3n) is 3.32. The molecule has 4 nitrogen and oxygen atoms in total. The Morgan fingerprint density at radius 2 is 1.96 bits per heavy atom. The van der Waals surface area contributed by atoms with Gasteiger partial charge in [-0.25, -0.2) is 0 Å². The number of hydrogen-bond donors (Lipinski definition) is 1. The number of nitrogens with one attached hydrogen (secondary N) is 1. The van der Waals surface area contributed by atoms with Crippen LogP contribution in [0.2, 0.25) is 0 Å². The molecule has 24 heavy (non-hydrogen) atoms. The highest BCUT2D eigenvalue weighted by Crippen LogP contribution is 2.16. The van der Waals surface area contributed by atoms with Crippen molar-refractivity contribution in [1.29, 1.82) is 5.26 Å². The normalized spacial score (nSPS) is 10.0. The minimum absolute atomic E-state index is 0.0820. The van der Waals surface area contributed by atoms with E-state index in [1.54, 1.807) is 36.0 Å². The number of amides is 1. The van der Waals surface area contributed by atoms with Crippen LogP contribution in [-0.4, -0.2) is 24.8 Å². The minimum Gasteiger partial charge on any atom is -0.482 e. The Bertz CT molecular complexity index is 708. The minimum atomic E-state index is -0.182. The highest BCUT2D eigenvalue weighted by atomic mass is 32.2. The zero-order chi connectivity index (χ0) is 17.2. The van der Waals surface area contributed by atoms with Crippen LogP contribution in [0.3, 0.4) is 0 Å². The highest BCUT2D eigenvalue weighted by molar-refractivity contribution is 7.98. The summed E-state index contributed by atoms with van der Waals surface area (Å²) in [7, 11) is 0. The van der Waals surface area contributed by atoms with Gasteiger partial charge >= 0.3 is 0 Å². The predicted octanol–water partition coefficient (Wildman–Crippen LogP) is 3.30. The van der Waals surface area contributed by atoms with Gasteiger partial charge in [0.1, 0.15) is 11.8 Å². The first kappa shape index (κ1) is 17.9. The number of rotatable bonds is 8. The standard InChI is InChI=1S/C19H20N2O2S/c1-15-6-8-16(9-7-15)14-24-11-10-21-19(22)13-23-18-5-3-2-4-17(18)12-20/h2-9H,10-11,13-14H2,1H3,(H,21,22). The van der Waals surface area contributed by atoms with Crippen molar-refractivity contribution in [3.8, 4) is 11.8 Å². The average Bonchev–Trinajstić information content (AvgIpc) is 2.61. The fraction of sp³-hybridized carbons (Fsp3) is 0.263. The molecule has 2 aromatic rings. The molecule has 0 saturated carbocycles. The monoisotopic (exact) mass is 340 g/mol. The van der Waals surface area contributed by atoms with Gasteiger partial charge in [0, 0.05) is 18.1 Å². The summed E-state index contributed by atoms with van der Waals surface area (Å²) in [6, 6.07) is 17.4. The van der Waals surface area contributed by atoms with Gasteiger partial charge in [-0.15, -0.1) is 0 Å². The summed E-state index contributed by atoms with van der Waals surface area (Å²) in [6.45, 7) is 2.59. The van der Waals surface area contributed by atoms with Gasteiger partial charge in [-0.05, 0) is 24.6 Å². The second kappa shape index (κ2) is 9.64. The van der Waals surface area contributed by atoms with E-state index in [1.807, 2.05) is 6.07 Å². The molecule has 0 aliphatic heterocycles. The lowest BCUT2D eigenvalue weighted by molar-refractivity contribution is -0.122. The van der Waals surface area contributed by atoms with E-state index in [0.29, 0.717) is 17.9 Å². The molecule has 0 heterocycles. The molecule has 0 bridgehead atoms. The number of carbonyl (C=O) groups excluding carboxylic acids is 1. The van der Waals surface area contributed by atoms with E-state index in [1.165, 1.54) is 11.1 Å². The lowest BCUT2D eigenvalue weighted by Gasteiger charge is -2.08. The Hall–Kier alpha value is -2.45. The van der Waals surface area contributed by atoms with E-state index in [4.69, 9.17) is 10.00 Å². The van der Waals surface area contributed by atoms with E-state index in [9.17, 15) is 4.79 Å². The summed E-state index contributed by atoms with van der Waals surface area (Å²) in [6.07, 6.45) is 0. The molecule has 2 aromatic carbocycles. The molecule has 1 N–H and O–H groups in total. The summed E-state index contributed by atoms with van der Waals surface area (Å²) < 4.78 is 5.39. The molecule has 0 saturated heterocycles. The van der Waals surface area contributed by atoms with Gasteiger partial charge in [-0.1, -0.05) is 42.0 Å². The second-order valence-corrected chi connectivity index (χ2v) is 6.39. The summed E-state index contributed by atoms with van der Waals surface area (Å²) in [5, 5.41) is 11.8. The van der Waals surface area contributed by atoms with Crippen LogP contribution in [0.4, 0.5) is 0 Å². The Morgan fingerprint density at radius 3 is 2.71 bits per heavy atom. The molecule has 2 rings (SSSR count). The van der Waals surface area contributed by atoms with Crippen molar-refractivity contribution in [3.05, 3.63) is 65.2 Å². The second-order valence-electron chi connectivity index (χ2n) is 5.28. The predicted molar refractivity (Wildman–Crippen MR) is 97.0 cm³/mol. The van der Waals surface area contributed by atoms with Crippen molar-refractivity contribution in [2.75, 3.05) is 18.9 Å². The van der Waals surface area contributed by atoms with Crippen LogP contribution >= 0.6 is 11.8 Å². The molecule has 0 aromatic heterocycles. The highest BCUT2D eigenvalue weighted by Gasteiger charge is 2.05.